The summed E-state index contributed by atoms with van der Waals surface area (Å²) in [4.78, 5) is 19.6. The number of benzene rings is 2. The Bertz CT molecular complexity index is 984. The number of nitrogens with zero attached hydrogens (tertiary/aromatic N) is 4. The van der Waals surface area contributed by atoms with Crippen molar-refractivity contribution in [1.29, 1.82) is 0 Å². The van der Waals surface area contributed by atoms with E-state index in [2.05, 4.69) is 20.9 Å². The molecule has 1 aromatic heterocycles. The number of rotatable bonds is 4. The van der Waals surface area contributed by atoms with E-state index >= 15 is 0 Å². The Morgan fingerprint density at radius 3 is 2.37 bits per heavy atom. The minimum Gasteiger partial charge on any atom is -0.495 e. The SMILES string of the molecule is COc1ccccc1N1CCN(c2ccc([N+](=O)[O-])c3cnccc23)CC1. The first kappa shape index (κ1) is 17.1. The summed E-state index contributed by atoms with van der Waals surface area (Å²) in [6.45, 7) is 3.36. The Morgan fingerprint density at radius 2 is 1.67 bits per heavy atom. The second-order valence-electron chi connectivity index (χ2n) is 6.43. The van der Waals surface area contributed by atoms with Crippen molar-refractivity contribution in [2.75, 3.05) is 43.1 Å². The number of aromatic nitrogens is 1. The van der Waals surface area contributed by atoms with Crippen molar-refractivity contribution >= 4 is 27.8 Å². The molecule has 0 spiro atoms. The number of fused-ring (bicyclic) bond motifs is 1. The number of non-ortho nitro benzene ring substituents is 1. The van der Waals surface area contributed by atoms with Crippen LogP contribution in [0.4, 0.5) is 17.1 Å². The molecule has 0 N–H and O–H groups in total. The number of nitro groups is 1. The lowest BCUT2D eigenvalue weighted by Gasteiger charge is -2.38. The first-order valence-corrected chi connectivity index (χ1v) is 8.83. The Hall–Kier alpha value is -3.35. The molecular weight excluding hydrogens is 344 g/mol. The van der Waals surface area contributed by atoms with Crippen LogP contribution in [0.5, 0.6) is 5.75 Å². The minimum absolute atomic E-state index is 0.0921. The van der Waals surface area contributed by atoms with Crippen LogP contribution in [0, 0.1) is 10.1 Å². The van der Waals surface area contributed by atoms with Gasteiger partial charge < -0.3 is 14.5 Å². The molecule has 27 heavy (non-hydrogen) atoms. The summed E-state index contributed by atoms with van der Waals surface area (Å²) >= 11 is 0. The molecule has 7 nitrogen and oxygen atoms in total. The maximum absolute atomic E-state index is 11.3. The smallest absolute Gasteiger partial charge is 0.278 e. The summed E-state index contributed by atoms with van der Waals surface area (Å²) in [6.07, 6.45) is 3.25. The summed E-state index contributed by atoms with van der Waals surface area (Å²) < 4.78 is 5.48. The second kappa shape index (κ2) is 7.11. The van der Waals surface area contributed by atoms with Crippen LogP contribution in [0.2, 0.25) is 0 Å². The van der Waals surface area contributed by atoms with Gasteiger partial charge in [0.05, 0.1) is 23.1 Å². The van der Waals surface area contributed by atoms with E-state index in [1.165, 1.54) is 0 Å². The zero-order valence-electron chi connectivity index (χ0n) is 15.0. The fourth-order valence-corrected chi connectivity index (χ4v) is 3.67. The highest BCUT2D eigenvalue weighted by Crippen LogP contribution is 2.34. The molecular formula is C20H20N4O3. The molecule has 0 saturated carbocycles. The molecule has 4 rings (SSSR count). The average molecular weight is 364 g/mol. The number of piperazine rings is 1. The number of ether oxygens (including phenoxy) is 1. The van der Waals surface area contributed by atoms with Gasteiger partial charge in [-0.1, -0.05) is 12.1 Å². The molecule has 0 bridgehead atoms. The second-order valence-corrected chi connectivity index (χ2v) is 6.43. The fraction of sp³-hybridized carbons (Fsp3) is 0.250. The number of hydrogen-bond acceptors (Lipinski definition) is 6. The standard InChI is InChI=1S/C20H20N4O3/c1-27-20-5-3-2-4-19(20)23-12-10-22(11-13-23)17-6-7-18(24(25)26)16-14-21-9-8-15(16)17/h2-9,14H,10-13H2,1H3. The van der Waals surface area contributed by atoms with Crippen LogP contribution < -0.4 is 14.5 Å². The molecule has 1 fully saturated rings. The summed E-state index contributed by atoms with van der Waals surface area (Å²) in [5.74, 6) is 0.873. The van der Waals surface area contributed by atoms with Gasteiger partial charge in [0.1, 0.15) is 5.75 Å². The van der Waals surface area contributed by atoms with E-state index in [1.54, 1.807) is 25.6 Å². The van der Waals surface area contributed by atoms with E-state index in [-0.39, 0.29) is 10.6 Å². The third-order valence-corrected chi connectivity index (χ3v) is 5.01. The van der Waals surface area contributed by atoms with Gasteiger partial charge in [-0.25, -0.2) is 0 Å². The third kappa shape index (κ3) is 3.12. The van der Waals surface area contributed by atoms with Crippen LogP contribution in [-0.4, -0.2) is 43.2 Å². The quantitative estimate of drug-likeness (QED) is 0.521. The van der Waals surface area contributed by atoms with Crippen molar-refractivity contribution in [3.8, 4) is 5.75 Å². The number of pyridine rings is 1. The minimum atomic E-state index is -0.354. The van der Waals surface area contributed by atoms with E-state index in [0.717, 1.165) is 48.7 Å². The van der Waals surface area contributed by atoms with Crippen LogP contribution in [0.15, 0.2) is 54.9 Å². The zero-order chi connectivity index (χ0) is 18.8. The largest absolute Gasteiger partial charge is 0.495 e. The van der Waals surface area contributed by atoms with Crippen molar-refractivity contribution in [3.05, 3.63) is 65.0 Å². The summed E-state index contributed by atoms with van der Waals surface area (Å²) in [6, 6.07) is 13.3. The van der Waals surface area contributed by atoms with Crippen LogP contribution in [0.25, 0.3) is 10.8 Å². The fourth-order valence-electron chi connectivity index (χ4n) is 3.67. The molecule has 2 heterocycles. The van der Waals surface area contributed by atoms with Gasteiger partial charge in [-0.05, 0) is 24.3 Å². The highest BCUT2D eigenvalue weighted by molar-refractivity contribution is 5.99. The van der Waals surface area contributed by atoms with Gasteiger partial charge in [0.15, 0.2) is 0 Å². The average Bonchev–Trinajstić information content (AvgIpc) is 2.73. The Labute approximate surface area is 156 Å². The topological polar surface area (TPSA) is 71.7 Å². The molecule has 1 aliphatic heterocycles. The summed E-state index contributed by atoms with van der Waals surface area (Å²) in [5.41, 5.74) is 2.20. The molecule has 1 aliphatic rings. The van der Waals surface area contributed by atoms with Crippen LogP contribution >= 0.6 is 0 Å². The monoisotopic (exact) mass is 364 g/mol. The molecule has 0 radical (unpaired) electrons. The summed E-state index contributed by atoms with van der Waals surface area (Å²) in [7, 11) is 1.69. The van der Waals surface area contributed by atoms with Gasteiger partial charge >= 0.3 is 0 Å². The molecule has 0 unspecified atom stereocenters. The van der Waals surface area contributed by atoms with Gasteiger partial charge in [-0.2, -0.15) is 0 Å². The van der Waals surface area contributed by atoms with Crippen molar-refractivity contribution in [3.63, 3.8) is 0 Å². The first-order chi connectivity index (χ1) is 13.2. The predicted molar refractivity (Wildman–Crippen MR) is 106 cm³/mol. The van der Waals surface area contributed by atoms with Gasteiger partial charge in [0.25, 0.3) is 5.69 Å². The van der Waals surface area contributed by atoms with Crippen LogP contribution in [0.1, 0.15) is 0 Å². The number of hydrogen-bond donors (Lipinski definition) is 0. The van der Waals surface area contributed by atoms with Gasteiger partial charge in [-0.3, -0.25) is 15.1 Å². The Balaban J connectivity index is 1.60. The lowest BCUT2D eigenvalue weighted by atomic mass is 10.1. The maximum atomic E-state index is 11.3. The lowest BCUT2D eigenvalue weighted by molar-refractivity contribution is -0.383. The van der Waals surface area contributed by atoms with Crippen molar-refractivity contribution in [2.45, 2.75) is 0 Å². The summed E-state index contributed by atoms with van der Waals surface area (Å²) in [5, 5.41) is 12.8. The van der Waals surface area contributed by atoms with Gasteiger partial charge in [-0.15, -0.1) is 0 Å². The van der Waals surface area contributed by atoms with E-state index < -0.39 is 0 Å². The number of para-hydroxylation sites is 2. The van der Waals surface area contributed by atoms with E-state index in [0.29, 0.717) is 5.39 Å². The van der Waals surface area contributed by atoms with Crippen LogP contribution in [-0.2, 0) is 0 Å². The molecule has 138 valence electrons. The highest BCUT2D eigenvalue weighted by atomic mass is 16.6. The van der Waals surface area contributed by atoms with Gasteiger partial charge in [0.2, 0.25) is 0 Å². The normalized spacial score (nSPS) is 14.4. The molecule has 0 amide bonds. The van der Waals surface area contributed by atoms with Crippen LogP contribution in [0.3, 0.4) is 0 Å². The number of nitro benzene ring substituents is 1. The molecule has 1 saturated heterocycles. The molecule has 0 aliphatic carbocycles. The number of methoxy groups -OCH3 is 1. The highest BCUT2D eigenvalue weighted by Gasteiger charge is 2.23. The number of anilines is 2. The Morgan fingerprint density at radius 1 is 0.963 bits per heavy atom. The maximum Gasteiger partial charge on any atom is 0.278 e. The first-order valence-electron chi connectivity index (χ1n) is 8.83. The van der Waals surface area contributed by atoms with Gasteiger partial charge in [0, 0.05) is 55.7 Å². The molecule has 2 aromatic carbocycles. The van der Waals surface area contributed by atoms with Crippen molar-refractivity contribution in [1.82, 2.24) is 4.98 Å². The molecule has 7 heteroatoms. The third-order valence-electron chi connectivity index (χ3n) is 5.01. The zero-order valence-corrected chi connectivity index (χ0v) is 15.0. The van der Waals surface area contributed by atoms with Crippen molar-refractivity contribution < 1.29 is 9.66 Å². The Kier molecular flexibility index (Phi) is 4.50. The lowest BCUT2D eigenvalue weighted by Crippen LogP contribution is -2.46. The van der Waals surface area contributed by atoms with E-state index in [1.807, 2.05) is 30.3 Å². The van der Waals surface area contributed by atoms with E-state index in [4.69, 9.17) is 4.74 Å². The van der Waals surface area contributed by atoms with E-state index in [9.17, 15) is 10.1 Å². The molecule has 0 atom stereocenters. The molecule has 3 aromatic rings. The predicted octanol–water partition coefficient (Wildman–Crippen LogP) is 3.48. The van der Waals surface area contributed by atoms with Crippen molar-refractivity contribution in [2.24, 2.45) is 0 Å².